The summed E-state index contributed by atoms with van der Waals surface area (Å²) in [5.74, 6) is -143. The van der Waals surface area contributed by atoms with Crippen LogP contribution in [0.2, 0.25) is 0 Å². The molecule has 0 bridgehead atoms. The van der Waals surface area contributed by atoms with Crippen LogP contribution in [-0.2, 0) is 19.5 Å². The smallest absolute Gasteiger partial charge is 0.254 e. The summed E-state index contributed by atoms with van der Waals surface area (Å²) in [6.45, 7) is 0. The normalized spacial score (nSPS) is 11.5. The fourth-order valence-electron chi connectivity index (χ4n) is 14.8. The third kappa shape index (κ3) is 15.6. The summed E-state index contributed by atoms with van der Waals surface area (Å²) in [7, 11) is 0. The quantitative estimate of drug-likeness (QED) is 0.0496. The van der Waals surface area contributed by atoms with Crippen LogP contribution in [0.4, 0.5) is 176 Å². The number of pyridine rings is 6. The molecule has 6 nitrogen and oxygen atoms in total. The van der Waals surface area contributed by atoms with Crippen molar-refractivity contribution < 1.29 is 195 Å². The molecule has 0 spiro atoms. The molecular formula is C84H24B2F40N6Ru. The van der Waals surface area contributed by atoms with Crippen LogP contribution in [0.3, 0.4) is 0 Å². The second kappa shape index (κ2) is 37.2. The van der Waals surface area contributed by atoms with E-state index in [1.54, 1.807) is 37.2 Å². The molecule has 0 saturated heterocycles. The number of nitrogens with zero attached hydrogens (tertiary/aromatic N) is 6. The molecule has 0 aliphatic carbocycles. The van der Waals surface area contributed by atoms with E-state index in [4.69, 9.17) is 0 Å². The van der Waals surface area contributed by atoms with Crippen molar-refractivity contribution in [2.24, 2.45) is 0 Å². The molecular weight excluding hydrogens is 1980 g/mol. The summed E-state index contributed by atoms with van der Waals surface area (Å²) >= 11 is 0. The molecule has 0 atom stereocenters. The van der Waals surface area contributed by atoms with Gasteiger partial charge in [-0.25, -0.2) is 176 Å². The van der Waals surface area contributed by atoms with Crippen molar-refractivity contribution in [3.63, 3.8) is 0 Å². The Hall–Kier alpha value is -14.2. The van der Waals surface area contributed by atoms with E-state index in [1.165, 1.54) is 0 Å². The van der Waals surface area contributed by atoms with E-state index < -0.39 is 289 Å². The zero-order valence-electron chi connectivity index (χ0n) is 63.2. The molecule has 0 amide bonds. The van der Waals surface area contributed by atoms with Gasteiger partial charge in [0.2, 0.25) is 0 Å². The summed E-state index contributed by atoms with van der Waals surface area (Å²) in [6.07, 6.45) is -3.62. The van der Waals surface area contributed by atoms with E-state index in [2.05, 4.69) is 103 Å². The van der Waals surface area contributed by atoms with Gasteiger partial charge in [-0.05, 0) is 36.4 Å². The van der Waals surface area contributed by atoms with Crippen molar-refractivity contribution in [2.45, 2.75) is 0 Å². The van der Waals surface area contributed by atoms with Crippen molar-refractivity contribution in [3.05, 3.63) is 379 Å². The molecule has 6 heterocycles. The topological polar surface area (TPSA) is 77.3 Å². The molecule has 0 fully saturated rings. The summed E-state index contributed by atoms with van der Waals surface area (Å²) in [4.78, 5) is 26.1. The molecule has 17 rings (SSSR count). The van der Waals surface area contributed by atoms with Gasteiger partial charge in [0.1, 0.15) is 105 Å². The number of rotatable bonds is 8. The van der Waals surface area contributed by atoms with Gasteiger partial charge >= 0.3 is 19.5 Å². The molecule has 6 aromatic heterocycles. The van der Waals surface area contributed by atoms with E-state index >= 15 is 70.2 Å². The van der Waals surface area contributed by atoms with Gasteiger partial charge in [0.05, 0.1) is 33.1 Å². The second-order valence-electron chi connectivity index (χ2n) is 27.2. The van der Waals surface area contributed by atoms with Gasteiger partial charge in [-0.15, -0.1) is 43.7 Å². The molecule has 49 heteroatoms. The standard InChI is InChI=1S/2C24BF20.3C12H8N2.Ru/c2*26-5-1(6(27)14(35)21(42)13(5)34)25(2-7(28)15(36)22(43)16(37)8(2)29,3-9(30)17(38)23(44)18(39)10(3)31)4-11(32)19(40)24(45)20(41)12(4)33;3*1-3-9-5-6-10-4-2-8-14-12(10)11(9)13-7-1;/h;;3*1-8H;/q2*-1;;;;+2. The molecule has 0 aliphatic heterocycles. The zero-order chi connectivity index (χ0) is 96.9. The first-order chi connectivity index (χ1) is 62.3. The first kappa shape index (κ1) is 97.9. The molecule has 0 unspecified atom stereocenters. The van der Waals surface area contributed by atoms with Gasteiger partial charge in [0, 0.05) is 69.5 Å². The minimum absolute atomic E-state index is 0. The number of fused-ring (bicyclic) bond motifs is 9. The maximum absolute atomic E-state index is 15.4. The number of hydrogen-bond donors (Lipinski definition) is 0. The Morgan fingerprint density at radius 3 is 0.293 bits per heavy atom. The van der Waals surface area contributed by atoms with Gasteiger partial charge in [-0.3, -0.25) is 29.9 Å². The van der Waals surface area contributed by atoms with E-state index in [0.717, 1.165) is 65.4 Å². The Kier molecular flexibility index (Phi) is 27.4. The first-order valence-corrected chi connectivity index (χ1v) is 35.5. The first-order valence-electron chi connectivity index (χ1n) is 35.5. The van der Waals surface area contributed by atoms with Crippen LogP contribution in [0.5, 0.6) is 0 Å². The zero-order valence-corrected chi connectivity index (χ0v) is 64.9. The van der Waals surface area contributed by atoms with E-state index in [9.17, 15) is 105 Å². The van der Waals surface area contributed by atoms with E-state index in [-0.39, 0.29) is 19.5 Å². The fourth-order valence-corrected chi connectivity index (χ4v) is 14.8. The molecule has 133 heavy (non-hydrogen) atoms. The fraction of sp³-hybridized carbons (Fsp3) is 0. The Morgan fingerprint density at radius 2 is 0.203 bits per heavy atom. The van der Waals surface area contributed by atoms with Crippen molar-refractivity contribution >= 4 is 121 Å². The van der Waals surface area contributed by atoms with Gasteiger partial charge in [-0.1, -0.05) is 72.8 Å². The van der Waals surface area contributed by atoms with Gasteiger partial charge < -0.3 is 0 Å². The molecule has 0 saturated carbocycles. The number of benzene rings is 11. The summed E-state index contributed by atoms with van der Waals surface area (Å²) in [5.41, 5.74) is -22.8. The van der Waals surface area contributed by atoms with Crippen LogP contribution in [0, 0.1) is 233 Å². The Morgan fingerprint density at radius 1 is 0.120 bits per heavy atom. The van der Waals surface area contributed by atoms with Crippen LogP contribution in [0.15, 0.2) is 146 Å². The van der Waals surface area contributed by atoms with Crippen LogP contribution in [-0.4, -0.2) is 42.2 Å². The summed E-state index contributed by atoms with van der Waals surface area (Å²) in [5, 5.41) is 6.83. The van der Waals surface area contributed by atoms with E-state index in [0.29, 0.717) is 0 Å². The minimum Gasteiger partial charge on any atom is -0.254 e. The molecule has 17 aromatic rings. The van der Waals surface area contributed by atoms with Crippen molar-refractivity contribution in [2.75, 3.05) is 0 Å². The molecule has 0 N–H and O–H groups in total. The third-order valence-corrected chi connectivity index (χ3v) is 20.4. The van der Waals surface area contributed by atoms with Crippen LogP contribution >= 0.6 is 0 Å². The van der Waals surface area contributed by atoms with Crippen LogP contribution < -0.4 is 43.7 Å². The predicted molar refractivity (Wildman–Crippen MR) is 390 cm³/mol. The molecule has 0 aliphatic rings. The minimum atomic E-state index is -7.22. The van der Waals surface area contributed by atoms with Crippen LogP contribution in [0.25, 0.3) is 65.4 Å². The average molecular weight is 2000 g/mol. The molecule has 684 valence electrons. The predicted octanol–water partition coefficient (Wildman–Crippen LogP) is 20.0. The van der Waals surface area contributed by atoms with Crippen LogP contribution in [0.1, 0.15) is 0 Å². The largest absolute Gasteiger partial charge is 2.00 e. The number of hydrogen-bond acceptors (Lipinski definition) is 6. The summed E-state index contributed by atoms with van der Waals surface area (Å²) in [6, 6.07) is 36.4. The SMILES string of the molecule is Fc1c(F)c(F)c([B-](c2c(F)c(F)c(F)c(F)c2F)(c2c(F)c(F)c(F)c(F)c2F)c2c(F)c(F)c(F)c(F)c2F)c(F)c1F.Fc1c(F)c(F)c([B-](c2c(F)c(F)c(F)c(F)c2F)(c2c(F)c(F)c(F)c(F)c2F)c2c(F)c(F)c(F)c(F)c2F)c(F)c1F.[Ru+2].c1cnc2c(c1)ccc1cccnc12.c1cnc2c(c1)ccc1cccnc12.c1cnc2c(c1)ccc1cccnc12. The second-order valence-corrected chi connectivity index (χ2v) is 27.2. The number of halogens is 40. The maximum Gasteiger partial charge on any atom is 2.00 e. The Bertz CT molecular complexity index is 6220. The monoisotopic (exact) mass is 2000 g/mol. The van der Waals surface area contributed by atoms with Crippen molar-refractivity contribution in [1.82, 2.24) is 29.9 Å². The maximum atomic E-state index is 15.4. The Labute approximate surface area is 722 Å². The molecule has 0 radical (unpaired) electrons. The van der Waals surface area contributed by atoms with Gasteiger partial charge in [0.15, 0.2) is 140 Å². The summed E-state index contributed by atoms with van der Waals surface area (Å²) < 4.78 is 588. The van der Waals surface area contributed by atoms with Gasteiger partial charge in [-0.2, -0.15) is 0 Å². The van der Waals surface area contributed by atoms with Crippen molar-refractivity contribution in [1.29, 1.82) is 0 Å². The Balaban J connectivity index is 0.000000166. The number of aromatic nitrogens is 6. The third-order valence-electron chi connectivity index (χ3n) is 20.4. The van der Waals surface area contributed by atoms with Gasteiger partial charge in [0.25, 0.3) is 0 Å². The average Bonchev–Trinajstić information content (AvgIpc) is 0.683. The van der Waals surface area contributed by atoms with Crippen molar-refractivity contribution in [3.8, 4) is 0 Å². The molecule has 11 aromatic carbocycles. The van der Waals surface area contributed by atoms with E-state index in [1.807, 2.05) is 36.4 Å².